The van der Waals surface area contributed by atoms with Gasteiger partial charge in [0.05, 0.1) is 17.4 Å². The van der Waals surface area contributed by atoms with Gasteiger partial charge in [-0.15, -0.1) is 0 Å². The third-order valence-electron chi connectivity index (χ3n) is 7.72. The quantitative estimate of drug-likeness (QED) is 0.150. The van der Waals surface area contributed by atoms with Crippen LogP contribution in [0.25, 0.3) is 0 Å². The van der Waals surface area contributed by atoms with Crippen molar-refractivity contribution in [3.63, 3.8) is 0 Å². The SMILES string of the molecule is CCC(CC)CNC(=O)Cn1cccc(NC(=O)[C@H](CCC(=O)C(=O)NCS(=O)(=O)c2ccc(C)cc2)NC(=O)c2cncn2C)c1=O. The van der Waals surface area contributed by atoms with E-state index in [9.17, 15) is 37.2 Å². The minimum Gasteiger partial charge on any atom is -0.354 e. The van der Waals surface area contributed by atoms with Gasteiger partial charge in [-0.3, -0.25) is 28.8 Å². The highest BCUT2D eigenvalue weighted by atomic mass is 32.2. The maximum absolute atomic E-state index is 13.4. The second-order valence-electron chi connectivity index (χ2n) is 11.3. The molecule has 0 saturated heterocycles. The minimum atomic E-state index is -3.93. The van der Waals surface area contributed by atoms with E-state index in [1.54, 1.807) is 26.1 Å². The van der Waals surface area contributed by atoms with E-state index in [1.165, 1.54) is 47.6 Å². The Hall–Kier alpha value is -5.12. The van der Waals surface area contributed by atoms with E-state index in [-0.39, 0.29) is 35.1 Å². The Morgan fingerprint density at radius 1 is 0.979 bits per heavy atom. The monoisotopic (exact) mass is 683 g/mol. The normalized spacial score (nSPS) is 11.9. The van der Waals surface area contributed by atoms with Crippen LogP contribution in [0.15, 0.2) is 64.8 Å². The number of carbonyl (C=O) groups excluding carboxylic acids is 5. The molecule has 3 rings (SSSR count). The smallest absolute Gasteiger partial charge is 0.288 e. The zero-order valence-electron chi connectivity index (χ0n) is 27.3. The van der Waals surface area contributed by atoms with Crippen molar-refractivity contribution < 1.29 is 32.4 Å². The van der Waals surface area contributed by atoms with Gasteiger partial charge in [-0.25, -0.2) is 13.4 Å². The van der Waals surface area contributed by atoms with Gasteiger partial charge in [0.1, 0.15) is 29.8 Å². The lowest BCUT2D eigenvalue weighted by molar-refractivity contribution is -0.137. The number of aromatic nitrogens is 3. The number of hydrogen-bond donors (Lipinski definition) is 4. The summed E-state index contributed by atoms with van der Waals surface area (Å²) < 4.78 is 27.7. The molecule has 16 heteroatoms. The molecule has 0 aliphatic rings. The van der Waals surface area contributed by atoms with Crippen LogP contribution >= 0.6 is 0 Å². The van der Waals surface area contributed by atoms with Gasteiger partial charge in [-0.2, -0.15) is 0 Å². The highest BCUT2D eigenvalue weighted by Crippen LogP contribution is 2.12. The number of hydrogen-bond acceptors (Lipinski definition) is 9. The van der Waals surface area contributed by atoms with Gasteiger partial charge in [-0.05, 0) is 43.5 Å². The number of nitrogens with one attached hydrogen (secondary N) is 4. The molecule has 0 radical (unpaired) electrons. The summed E-state index contributed by atoms with van der Waals surface area (Å²) in [4.78, 5) is 80.9. The van der Waals surface area contributed by atoms with Crippen molar-refractivity contribution in [3.8, 4) is 0 Å². The van der Waals surface area contributed by atoms with Crippen LogP contribution in [0.1, 0.15) is 55.6 Å². The Kier molecular flexibility index (Phi) is 13.3. The Labute approximate surface area is 278 Å². The van der Waals surface area contributed by atoms with Gasteiger partial charge in [0.2, 0.25) is 17.6 Å². The molecule has 48 heavy (non-hydrogen) atoms. The summed E-state index contributed by atoms with van der Waals surface area (Å²) in [5.41, 5.74) is 0.0843. The lowest BCUT2D eigenvalue weighted by Crippen LogP contribution is -2.46. The van der Waals surface area contributed by atoms with Crippen molar-refractivity contribution in [3.05, 3.63) is 76.7 Å². The van der Waals surface area contributed by atoms with Crippen molar-refractivity contribution in [1.29, 1.82) is 0 Å². The lowest BCUT2D eigenvalue weighted by atomic mass is 10.0. The van der Waals surface area contributed by atoms with E-state index < -0.39 is 57.2 Å². The van der Waals surface area contributed by atoms with Crippen LogP contribution in [0.5, 0.6) is 0 Å². The van der Waals surface area contributed by atoms with Crippen LogP contribution < -0.4 is 26.8 Å². The summed E-state index contributed by atoms with van der Waals surface area (Å²) in [6.07, 6.45) is 4.90. The first-order valence-electron chi connectivity index (χ1n) is 15.4. The maximum Gasteiger partial charge on any atom is 0.288 e. The van der Waals surface area contributed by atoms with Gasteiger partial charge >= 0.3 is 0 Å². The number of Topliss-reactive ketones (excluding diaryl/α,β-unsaturated/α-hetero) is 1. The fourth-order valence-electron chi connectivity index (χ4n) is 4.58. The average Bonchev–Trinajstić information content (AvgIpc) is 3.50. The summed E-state index contributed by atoms with van der Waals surface area (Å²) in [5, 5.41) is 9.84. The van der Waals surface area contributed by atoms with Gasteiger partial charge < -0.3 is 30.4 Å². The highest BCUT2D eigenvalue weighted by molar-refractivity contribution is 7.91. The van der Waals surface area contributed by atoms with Gasteiger partial charge in [0.25, 0.3) is 17.4 Å². The molecule has 2 heterocycles. The maximum atomic E-state index is 13.4. The number of amides is 4. The molecule has 0 aliphatic carbocycles. The number of aryl methyl sites for hydroxylation is 2. The molecular weight excluding hydrogens is 642 g/mol. The van der Waals surface area contributed by atoms with Gasteiger partial charge in [-0.1, -0.05) is 44.4 Å². The van der Waals surface area contributed by atoms with E-state index in [4.69, 9.17) is 0 Å². The second-order valence-corrected chi connectivity index (χ2v) is 13.3. The van der Waals surface area contributed by atoms with Crippen LogP contribution in [0, 0.1) is 12.8 Å². The number of sulfone groups is 1. The average molecular weight is 684 g/mol. The van der Waals surface area contributed by atoms with Crippen molar-refractivity contribution in [2.24, 2.45) is 13.0 Å². The van der Waals surface area contributed by atoms with Crippen molar-refractivity contribution >= 4 is 44.9 Å². The molecule has 258 valence electrons. The molecule has 1 aromatic carbocycles. The molecule has 0 bridgehead atoms. The third kappa shape index (κ3) is 10.4. The molecule has 1 atom stereocenters. The van der Waals surface area contributed by atoms with Crippen molar-refractivity contribution in [2.45, 2.75) is 63.9 Å². The van der Waals surface area contributed by atoms with Crippen LogP contribution in [0.2, 0.25) is 0 Å². The summed E-state index contributed by atoms with van der Waals surface area (Å²) >= 11 is 0. The molecular formula is C32H41N7O8S. The molecule has 15 nitrogen and oxygen atoms in total. The first kappa shape index (κ1) is 37.3. The summed E-state index contributed by atoms with van der Waals surface area (Å²) in [7, 11) is -2.37. The Balaban J connectivity index is 1.70. The number of ketones is 1. The lowest BCUT2D eigenvalue weighted by Gasteiger charge is -2.19. The third-order valence-corrected chi connectivity index (χ3v) is 9.24. The van der Waals surface area contributed by atoms with Crippen LogP contribution in [0.3, 0.4) is 0 Å². The van der Waals surface area contributed by atoms with Crippen LogP contribution in [-0.2, 0) is 42.6 Å². The zero-order valence-corrected chi connectivity index (χ0v) is 28.1. The number of imidazole rings is 1. The van der Waals surface area contributed by atoms with Gasteiger partial charge in [0.15, 0.2) is 9.84 Å². The fraction of sp³-hybridized carbons (Fsp3) is 0.406. The first-order chi connectivity index (χ1) is 22.7. The predicted molar refractivity (Wildman–Crippen MR) is 176 cm³/mol. The standard InChI is InChI=1S/C32H41N7O8S/c1-5-22(6-2)16-34-28(41)18-39-15-7-8-25(32(39)45)37-29(42)24(36-30(43)26-17-33-19-38(26)4)13-14-27(40)31(44)35-20-48(46,47)23-11-9-21(3)10-12-23/h7-12,15,17,19,22,24H,5-6,13-14,16,18,20H2,1-4H3,(H,34,41)(H,35,44)(H,36,43)(H,37,42)/t24-/m0/s1. The summed E-state index contributed by atoms with van der Waals surface area (Å²) in [5.74, 6) is -4.68. The zero-order chi connectivity index (χ0) is 35.4. The molecule has 3 aromatic rings. The molecule has 2 aromatic heterocycles. The number of pyridine rings is 1. The number of anilines is 1. The van der Waals surface area contributed by atoms with Crippen molar-refractivity contribution in [2.75, 3.05) is 17.7 Å². The Morgan fingerprint density at radius 2 is 1.67 bits per heavy atom. The summed E-state index contributed by atoms with van der Waals surface area (Å²) in [6, 6.07) is 7.36. The van der Waals surface area contributed by atoms with E-state index in [0.717, 1.165) is 23.0 Å². The predicted octanol–water partition coefficient (Wildman–Crippen LogP) is 1.08. The fourth-order valence-corrected chi connectivity index (χ4v) is 5.62. The first-order valence-corrected chi connectivity index (χ1v) is 17.1. The minimum absolute atomic E-state index is 0.0299. The number of nitrogens with zero attached hydrogens (tertiary/aromatic N) is 3. The van der Waals surface area contributed by atoms with Crippen LogP contribution in [-0.4, -0.2) is 70.4 Å². The summed E-state index contributed by atoms with van der Waals surface area (Å²) in [6.45, 7) is 6.01. The Bertz CT molecular complexity index is 1790. The molecule has 4 N–H and O–H groups in total. The van der Waals surface area contributed by atoms with Crippen LogP contribution in [0.4, 0.5) is 5.69 Å². The van der Waals surface area contributed by atoms with E-state index in [1.807, 2.05) is 13.8 Å². The Morgan fingerprint density at radius 3 is 2.29 bits per heavy atom. The molecule has 0 saturated carbocycles. The molecule has 0 aliphatic heterocycles. The molecule has 0 fully saturated rings. The van der Waals surface area contributed by atoms with E-state index in [2.05, 4.69) is 26.3 Å². The number of carbonyl (C=O) groups is 5. The van der Waals surface area contributed by atoms with E-state index in [0.29, 0.717) is 12.5 Å². The van der Waals surface area contributed by atoms with E-state index >= 15 is 0 Å². The number of benzene rings is 1. The molecule has 0 unspecified atom stereocenters. The largest absolute Gasteiger partial charge is 0.354 e. The van der Waals surface area contributed by atoms with Crippen molar-refractivity contribution in [1.82, 2.24) is 30.1 Å². The topological polar surface area (TPSA) is 207 Å². The molecule has 4 amide bonds. The molecule has 0 spiro atoms. The van der Waals surface area contributed by atoms with Gasteiger partial charge in [0, 0.05) is 26.2 Å². The highest BCUT2D eigenvalue weighted by Gasteiger charge is 2.27. The second kappa shape index (κ2) is 17.2. The number of rotatable bonds is 17.